The molecule has 0 aliphatic rings. The second-order valence-corrected chi connectivity index (χ2v) is 4.20. The smallest absolute Gasteiger partial charge is 0.147 e. The molecule has 0 bridgehead atoms. The van der Waals surface area contributed by atoms with Crippen molar-refractivity contribution in [2.24, 2.45) is 0 Å². The van der Waals surface area contributed by atoms with Crippen LogP contribution in [0.25, 0.3) is 0 Å². The lowest BCUT2D eigenvalue weighted by atomic mass is 10.1. The lowest BCUT2D eigenvalue weighted by Gasteiger charge is -2.09. The van der Waals surface area contributed by atoms with Crippen LogP contribution >= 0.6 is 0 Å². The first kappa shape index (κ1) is 12.9. The Balaban J connectivity index is 2.15. The van der Waals surface area contributed by atoms with Gasteiger partial charge in [-0.15, -0.1) is 0 Å². The Morgan fingerprint density at radius 1 is 1.32 bits per heavy atom. The fraction of sp³-hybridized carbons (Fsp3) is 0.133. The van der Waals surface area contributed by atoms with Crippen molar-refractivity contribution in [2.45, 2.75) is 13.5 Å². The van der Waals surface area contributed by atoms with Crippen molar-refractivity contribution in [3.8, 4) is 11.8 Å². The van der Waals surface area contributed by atoms with Crippen molar-refractivity contribution in [2.75, 3.05) is 5.73 Å². The lowest BCUT2D eigenvalue weighted by Crippen LogP contribution is -2.01. The first-order valence-electron chi connectivity index (χ1n) is 5.78. The van der Waals surface area contributed by atoms with Crippen molar-refractivity contribution in [1.29, 1.82) is 5.26 Å². The van der Waals surface area contributed by atoms with Gasteiger partial charge in [0, 0.05) is 11.3 Å². The molecule has 2 aromatic rings. The van der Waals surface area contributed by atoms with Crippen LogP contribution in [0, 0.1) is 24.1 Å². The monoisotopic (exact) mass is 256 g/mol. The Hall–Kier alpha value is -2.54. The quantitative estimate of drug-likeness (QED) is 0.858. The summed E-state index contributed by atoms with van der Waals surface area (Å²) in [5, 5.41) is 8.75. The molecule has 0 fully saturated rings. The van der Waals surface area contributed by atoms with Gasteiger partial charge in [-0.25, -0.2) is 4.39 Å². The molecule has 2 aromatic carbocycles. The zero-order chi connectivity index (χ0) is 13.8. The summed E-state index contributed by atoms with van der Waals surface area (Å²) in [7, 11) is 0. The number of nitrogens with two attached hydrogens (primary N) is 1. The fourth-order valence-corrected chi connectivity index (χ4v) is 1.68. The highest BCUT2D eigenvalue weighted by Crippen LogP contribution is 2.20. The molecule has 0 unspecified atom stereocenters. The van der Waals surface area contributed by atoms with Gasteiger partial charge in [0.25, 0.3) is 0 Å². The highest BCUT2D eigenvalue weighted by atomic mass is 19.1. The lowest BCUT2D eigenvalue weighted by molar-refractivity contribution is 0.299. The van der Waals surface area contributed by atoms with Gasteiger partial charge in [-0.1, -0.05) is 12.1 Å². The number of rotatable bonds is 3. The standard InChI is InChI=1S/C15H13FN2O/c1-10-7-13(5-6-14(10)18)19-9-12-4-2-3-11(8-17)15(12)16/h2-7H,9,18H2,1H3. The SMILES string of the molecule is Cc1cc(OCc2cccc(C#N)c2F)ccc1N. The van der Waals surface area contributed by atoms with Gasteiger partial charge in [-0.2, -0.15) is 5.26 Å². The second kappa shape index (κ2) is 5.40. The third-order valence-electron chi connectivity index (χ3n) is 2.83. The van der Waals surface area contributed by atoms with Gasteiger partial charge >= 0.3 is 0 Å². The summed E-state index contributed by atoms with van der Waals surface area (Å²) >= 11 is 0. The Kier molecular flexibility index (Phi) is 3.67. The van der Waals surface area contributed by atoms with Gasteiger partial charge < -0.3 is 10.5 Å². The Bertz CT molecular complexity index is 647. The second-order valence-electron chi connectivity index (χ2n) is 4.20. The number of nitriles is 1. The van der Waals surface area contributed by atoms with Crippen molar-refractivity contribution in [3.63, 3.8) is 0 Å². The van der Waals surface area contributed by atoms with Crippen LogP contribution in [0.15, 0.2) is 36.4 Å². The molecule has 0 amide bonds. The summed E-state index contributed by atoms with van der Waals surface area (Å²) in [4.78, 5) is 0. The molecule has 0 spiro atoms. The minimum Gasteiger partial charge on any atom is -0.489 e. The minimum absolute atomic E-state index is 0.0228. The van der Waals surface area contributed by atoms with Crippen molar-refractivity contribution < 1.29 is 9.13 Å². The maximum atomic E-state index is 13.8. The van der Waals surface area contributed by atoms with Crippen molar-refractivity contribution in [1.82, 2.24) is 0 Å². The fourth-order valence-electron chi connectivity index (χ4n) is 1.68. The number of hydrogen-bond acceptors (Lipinski definition) is 3. The van der Waals surface area contributed by atoms with Crippen LogP contribution < -0.4 is 10.5 Å². The predicted octanol–water partition coefficient (Wildman–Crippen LogP) is 3.17. The van der Waals surface area contributed by atoms with Crippen LogP contribution in [0.2, 0.25) is 0 Å². The summed E-state index contributed by atoms with van der Waals surface area (Å²) in [6, 6.07) is 11.7. The van der Waals surface area contributed by atoms with Crippen molar-refractivity contribution >= 4 is 5.69 Å². The number of halogens is 1. The first-order valence-corrected chi connectivity index (χ1v) is 5.78. The molecule has 96 valence electrons. The largest absolute Gasteiger partial charge is 0.489 e. The number of aryl methyl sites for hydroxylation is 1. The van der Waals surface area contributed by atoms with Crippen LogP contribution in [0.5, 0.6) is 5.75 Å². The molecule has 0 saturated heterocycles. The topological polar surface area (TPSA) is 59.0 Å². The minimum atomic E-state index is -0.530. The Morgan fingerprint density at radius 3 is 2.79 bits per heavy atom. The molecule has 3 nitrogen and oxygen atoms in total. The molecule has 0 atom stereocenters. The zero-order valence-electron chi connectivity index (χ0n) is 10.5. The van der Waals surface area contributed by atoms with E-state index < -0.39 is 5.82 Å². The number of anilines is 1. The van der Waals surface area contributed by atoms with E-state index in [0.29, 0.717) is 17.0 Å². The molecule has 4 heteroatoms. The molecule has 0 saturated carbocycles. The van der Waals surface area contributed by atoms with E-state index in [2.05, 4.69) is 0 Å². The van der Waals surface area contributed by atoms with Crippen LogP contribution in [0.1, 0.15) is 16.7 Å². The van der Waals surface area contributed by atoms with Crippen LogP contribution in [0.3, 0.4) is 0 Å². The van der Waals surface area contributed by atoms with Gasteiger partial charge in [0.1, 0.15) is 24.2 Å². The Morgan fingerprint density at radius 2 is 2.11 bits per heavy atom. The predicted molar refractivity (Wildman–Crippen MR) is 71.0 cm³/mol. The van der Waals surface area contributed by atoms with Crippen LogP contribution in [-0.4, -0.2) is 0 Å². The third-order valence-corrected chi connectivity index (χ3v) is 2.83. The number of nitrogens with zero attached hydrogens (tertiary/aromatic N) is 1. The third kappa shape index (κ3) is 2.83. The highest BCUT2D eigenvalue weighted by molar-refractivity contribution is 5.49. The summed E-state index contributed by atoms with van der Waals surface area (Å²) < 4.78 is 19.3. The number of benzene rings is 2. The molecule has 19 heavy (non-hydrogen) atoms. The van der Waals surface area contributed by atoms with E-state index in [1.54, 1.807) is 36.4 Å². The zero-order valence-corrected chi connectivity index (χ0v) is 10.5. The number of nitrogen functional groups attached to an aromatic ring is 1. The molecule has 0 aliphatic carbocycles. The van der Waals surface area contributed by atoms with Gasteiger partial charge in [0.2, 0.25) is 0 Å². The molecule has 0 radical (unpaired) electrons. The molecular formula is C15H13FN2O. The van der Waals surface area contributed by atoms with Gasteiger partial charge in [0.15, 0.2) is 0 Å². The van der Waals surface area contributed by atoms with E-state index in [-0.39, 0.29) is 12.2 Å². The van der Waals surface area contributed by atoms with Gasteiger partial charge in [-0.3, -0.25) is 0 Å². The van der Waals surface area contributed by atoms with Gasteiger partial charge in [0.05, 0.1) is 5.56 Å². The maximum Gasteiger partial charge on any atom is 0.147 e. The molecule has 2 rings (SSSR count). The summed E-state index contributed by atoms with van der Waals surface area (Å²) in [5.41, 5.74) is 7.68. The molecule has 2 N–H and O–H groups in total. The van der Waals surface area contributed by atoms with E-state index in [9.17, 15) is 4.39 Å². The summed E-state index contributed by atoms with van der Waals surface area (Å²) in [6.45, 7) is 1.95. The Labute approximate surface area is 111 Å². The maximum absolute atomic E-state index is 13.8. The van der Waals surface area contributed by atoms with E-state index in [4.69, 9.17) is 15.7 Å². The molecular weight excluding hydrogens is 243 g/mol. The number of ether oxygens (including phenoxy) is 1. The number of hydrogen-bond donors (Lipinski definition) is 1. The van der Waals surface area contributed by atoms with E-state index in [0.717, 1.165) is 5.56 Å². The van der Waals surface area contributed by atoms with E-state index in [1.165, 1.54) is 6.07 Å². The van der Waals surface area contributed by atoms with E-state index in [1.807, 2.05) is 6.92 Å². The van der Waals surface area contributed by atoms with Gasteiger partial charge in [-0.05, 0) is 36.8 Å². The van der Waals surface area contributed by atoms with E-state index >= 15 is 0 Å². The average molecular weight is 256 g/mol. The molecule has 0 aromatic heterocycles. The van der Waals surface area contributed by atoms with Crippen LogP contribution in [0.4, 0.5) is 10.1 Å². The highest BCUT2D eigenvalue weighted by Gasteiger charge is 2.08. The first-order chi connectivity index (χ1) is 9.11. The normalized spacial score (nSPS) is 9.95. The summed E-state index contributed by atoms with van der Waals surface area (Å²) in [5.74, 6) is 0.0885. The average Bonchev–Trinajstić information content (AvgIpc) is 2.41. The summed E-state index contributed by atoms with van der Waals surface area (Å²) in [6.07, 6.45) is 0. The van der Waals surface area contributed by atoms with Crippen molar-refractivity contribution in [3.05, 3.63) is 58.9 Å². The molecule has 0 heterocycles. The van der Waals surface area contributed by atoms with Crippen LogP contribution in [-0.2, 0) is 6.61 Å². The molecule has 0 aliphatic heterocycles.